The number of aromatic nitrogens is 3. The molecule has 2 aromatic carbocycles. The molecule has 3 rings (SSSR count). The molecule has 27 heavy (non-hydrogen) atoms. The standard InChI is InChI=1S/C21H25ClN4S/c1-13-10-15(21(3,4)5)11-14(2)17(13)12-27-20-25-24-19(26(20)23)16-8-6-7-9-18(16)22/h6-11H,12,23H2,1-5H3. The first kappa shape index (κ1) is 19.8. The van der Waals surface area contributed by atoms with Gasteiger partial charge in [0.15, 0.2) is 5.82 Å². The first-order valence-electron chi connectivity index (χ1n) is 8.87. The van der Waals surface area contributed by atoms with E-state index in [4.69, 9.17) is 17.4 Å². The Bertz CT molecular complexity index is 950. The number of hydrogen-bond acceptors (Lipinski definition) is 4. The summed E-state index contributed by atoms with van der Waals surface area (Å²) < 4.78 is 1.51. The van der Waals surface area contributed by atoms with Gasteiger partial charge in [-0.3, -0.25) is 0 Å². The van der Waals surface area contributed by atoms with Gasteiger partial charge in [0.25, 0.3) is 0 Å². The third kappa shape index (κ3) is 4.14. The van der Waals surface area contributed by atoms with E-state index in [0.29, 0.717) is 16.0 Å². The van der Waals surface area contributed by atoms with Crippen molar-refractivity contribution < 1.29 is 0 Å². The predicted octanol–water partition coefficient (Wildman–Crippen LogP) is 5.52. The molecule has 0 atom stereocenters. The first-order valence-corrected chi connectivity index (χ1v) is 10.2. The van der Waals surface area contributed by atoms with E-state index in [9.17, 15) is 0 Å². The number of thioether (sulfide) groups is 1. The molecule has 0 aliphatic carbocycles. The number of aryl methyl sites for hydroxylation is 2. The zero-order valence-corrected chi connectivity index (χ0v) is 17.9. The van der Waals surface area contributed by atoms with Crippen molar-refractivity contribution in [1.29, 1.82) is 0 Å². The summed E-state index contributed by atoms with van der Waals surface area (Å²) >= 11 is 7.85. The van der Waals surface area contributed by atoms with Crippen LogP contribution in [0.4, 0.5) is 0 Å². The van der Waals surface area contributed by atoms with Gasteiger partial charge in [-0.25, -0.2) is 4.68 Å². The summed E-state index contributed by atoms with van der Waals surface area (Å²) in [5, 5.41) is 9.77. The lowest BCUT2D eigenvalue weighted by atomic mass is 9.84. The summed E-state index contributed by atoms with van der Waals surface area (Å²) in [6.45, 7) is 11.1. The molecule has 0 aliphatic heterocycles. The third-order valence-corrected chi connectivity index (χ3v) is 5.99. The van der Waals surface area contributed by atoms with Gasteiger partial charge in [-0.15, -0.1) is 10.2 Å². The Morgan fingerprint density at radius 1 is 1.07 bits per heavy atom. The van der Waals surface area contributed by atoms with Gasteiger partial charge < -0.3 is 5.84 Å². The molecule has 142 valence electrons. The second-order valence-corrected chi connectivity index (χ2v) is 9.13. The summed E-state index contributed by atoms with van der Waals surface area (Å²) in [5.41, 5.74) is 6.18. The highest BCUT2D eigenvalue weighted by Gasteiger charge is 2.18. The highest BCUT2D eigenvalue weighted by Crippen LogP contribution is 2.32. The lowest BCUT2D eigenvalue weighted by molar-refractivity contribution is 0.589. The second-order valence-electron chi connectivity index (χ2n) is 7.78. The molecule has 0 unspecified atom stereocenters. The zero-order chi connectivity index (χ0) is 19.8. The van der Waals surface area contributed by atoms with Crippen molar-refractivity contribution in [2.24, 2.45) is 0 Å². The molecule has 0 spiro atoms. The highest BCUT2D eigenvalue weighted by molar-refractivity contribution is 7.98. The molecule has 0 amide bonds. The van der Waals surface area contributed by atoms with Gasteiger partial charge in [-0.05, 0) is 53.6 Å². The number of benzene rings is 2. The van der Waals surface area contributed by atoms with Crippen molar-refractivity contribution in [3.63, 3.8) is 0 Å². The Morgan fingerprint density at radius 2 is 1.70 bits per heavy atom. The van der Waals surface area contributed by atoms with Crippen LogP contribution >= 0.6 is 23.4 Å². The van der Waals surface area contributed by atoms with Gasteiger partial charge in [0.2, 0.25) is 5.16 Å². The molecule has 4 nitrogen and oxygen atoms in total. The molecule has 1 aromatic heterocycles. The van der Waals surface area contributed by atoms with E-state index in [0.717, 1.165) is 11.3 Å². The Morgan fingerprint density at radius 3 is 2.30 bits per heavy atom. The van der Waals surface area contributed by atoms with E-state index < -0.39 is 0 Å². The average Bonchev–Trinajstić information content (AvgIpc) is 2.94. The fraction of sp³-hybridized carbons (Fsp3) is 0.333. The topological polar surface area (TPSA) is 56.7 Å². The van der Waals surface area contributed by atoms with Gasteiger partial charge in [0.05, 0.1) is 5.02 Å². The van der Waals surface area contributed by atoms with E-state index in [1.165, 1.54) is 26.9 Å². The van der Waals surface area contributed by atoms with Crippen LogP contribution in [0.15, 0.2) is 41.6 Å². The minimum absolute atomic E-state index is 0.141. The van der Waals surface area contributed by atoms with E-state index in [2.05, 4.69) is 56.9 Å². The van der Waals surface area contributed by atoms with Crippen molar-refractivity contribution >= 4 is 23.4 Å². The summed E-state index contributed by atoms with van der Waals surface area (Å²) in [6.07, 6.45) is 0. The molecule has 0 aliphatic rings. The lowest BCUT2D eigenvalue weighted by Gasteiger charge is -2.22. The number of nitrogens with zero attached hydrogens (tertiary/aromatic N) is 3. The fourth-order valence-electron chi connectivity index (χ4n) is 2.99. The van der Waals surface area contributed by atoms with E-state index in [1.54, 1.807) is 11.8 Å². The average molecular weight is 401 g/mol. The first-order chi connectivity index (χ1) is 12.7. The van der Waals surface area contributed by atoms with Crippen LogP contribution in [0, 0.1) is 13.8 Å². The van der Waals surface area contributed by atoms with Crippen LogP contribution in [0.1, 0.15) is 43.0 Å². The normalized spacial score (nSPS) is 11.8. The number of halogens is 1. The maximum Gasteiger partial charge on any atom is 0.210 e. The molecule has 0 saturated carbocycles. The van der Waals surface area contributed by atoms with Gasteiger partial charge in [-0.2, -0.15) is 0 Å². The van der Waals surface area contributed by atoms with Crippen molar-refractivity contribution in [1.82, 2.24) is 14.9 Å². The molecule has 1 heterocycles. The van der Waals surface area contributed by atoms with Crippen molar-refractivity contribution in [2.75, 3.05) is 5.84 Å². The molecular formula is C21H25ClN4S. The van der Waals surface area contributed by atoms with E-state index >= 15 is 0 Å². The summed E-state index contributed by atoms with van der Waals surface area (Å²) in [6, 6.07) is 12.1. The molecule has 0 saturated heterocycles. The fourth-order valence-corrected chi connectivity index (χ4v) is 4.27. The van der Waals surface area contributed by atoms with E-state index in [1.807, 2.05) is 24.3 Å². The van der Waals surface area contributed by atoms with Gasteiger partial charge in [0.1, 0.15) is 0 Å². The third-order valence-electron chi connectivity index (χ3n) is 4.69. The number of hydrogen-bond donors (Lipinski definition) is 1. The molecule has 6 heteroatoms. The van der Waals surface area contributed by atoms with Gasteiger partial charge >= 0.3 is 0 Å². The second kappa shape index (κ2) is 7.56. The van der Waals surface area contributed by atoms with Crippen LogP contribution in [-0.4, -0.2) is 14.9 Å². The van der Waals surface area contributed by atoms with Crippen LogP contribution in [0.5, 0.6) is 0 Å². The zero-order valence-electron chi connectivity index (χ0n) is 16.4. The maximum absolute atomic E-state index is 6.26. The van der Waals surface area contributed by atoms with Crippen molar-refractivity contribution in [2.45, 2.75) is 50.9 Å². The highest BCUT2D eigenvalue weighted by atomic mass is 35.5. The minimum atomic E-state index is 0.141. The van der Waals surface area contributed by atoms with Gasteiger partial charge in [0, 0.05) is 11.3 Å². The van der Waals surface area contributed by atoms with Crippen LogP contribution in [0.25, 0.3) is 11.4 Å². The lowest BCUT2D eigenvalue weighted by Crippen LogP contribution is -2.13. The molecule has 2 N–H and O–H groups in total. The SMILES string of the molecule is Cc1cc(C(C)(C)C)cc(C)c1CSc1nnc(-c2ccccc2Cl)n1N. The van der Waals surface area contributed by atoms with Crippen LogP contribution in [0.3, 0.4) is 0 Å². The Kier molecular flexibility index (Phi) is 5.54. The summed E-state index contributed by atoms with van der Waals surface area (Å²) in [5.74, 6) is 7.60. The Balaban J connectivity index is 1.84. The monoisotopic (exact) mass is 400 g/mol. The van der Waals surface area contributed by atoms with E-state index in [-0.39, 0.29) is 5.41 Å². The summed E-state index contributed by atoms with van der Waals surface area (Å²) in [7, 11) is 0. The largest absolute Gasteiger partial charge is 0.335 e. The quantitative estimate of drug-likeness (QED) is 0.462. The molecule has 3 aromatic rings. The van der Waals surface area contributed by atoms with Crippen LogP contribution in [-0.2, 0) is 11.2 Å². The maximum atomic E-state index is 6.26. The number of nitrogen functional groups attached to an aromatic ring is 1. The van der Waals surface area contributed by atoms with Crippen LogP contribution < -0.4 is 5.84 Å². The predicted molar refractivity (Wildman–Crippen MR) is 115 cm³/mol. The molecular weight excluding hydrogens is 376 g/mol. The van der Waals surface area contributed by atoms with Crippen molar-refractivity contribution in [3.05, 3.63) is 63.7 Å². The Labute approximate surface area is 170 Å². The molecule has 0 fully saturated rings. The van der Waals surface area contributed by atoms with Gasteiger partial charge in [-0.1, -0.05) is 68.4 Å². The van der Waals surface area contributed by atoms with Crippen molar-refractivity contribution in [3.8, 4) is 11.4 Å². The number of nitrogens with two attached hydrogens (primary N) is 1. The Hall–Kier alpha value is -1.98. The van der Waals surface area contributed by atoms with Crippen LogP contribution in [0.2, 0.25) is 5.02 Å². The molecule has 0 radical (unpaired) electrons. The summed E-state index contributed by atoms with van der Waals surface area (Å²) in [4.78, 5) is 0. The smallest absolute Gasteiger partial charge is 0.210 e. The molecule has 0 bridgehead atoms. The number of rotatable bonds is 4. The minimum Gasteiger partial charge on any atom is -0.335 e.